The van der Waals surface area contributed by atoms with Gasteiger partial charge in [0.1, 0.15) is 5.75 Å². The lowest BCUT2D eigenvalue weighted by Gasteiger charge is -2.06. The molecule has 0 radical (unpaired) electrons. The van der Waals surface area contributed by atoms with E-state index >= 15 is 0 Å². The quantitative estimate of drug-likeness (QED) is 0.276. The first-order valence-corrected chi connectivity index (χ1v) is 11.7. The Kier molecular flexibility index (Phi) is 11.6. The van der Waals surface area contributed by atoms with Gasteiger partial charge in [-0.1, -0.05) is 90.0 Å². The molecule has 2 N–H and O–H groups in total. The zero-order valence-electron chi connectivity index (χ0n) is 16.3. The van der Waals surface area contributed by atoms with Gasteiger partial charge in [0.25, 0.3) is 10.1 Å². The SMILES string of the molecule is CCCCCCCCCCCCCCCc1ccc(S(=O)(=O)O)cc1O. The van der Waals surface area contributed by atoms with E-state index in [2.05, 4.69) is 6.92 Å². The number of unbranched alkanes of at least 4 members (excludes halogenated alkanes) is 12. The van der Waals surface area contributed by atoms with Crippen LogP contribution in [0, 0.1) is 0 Å². The van der Waals surface area contributed by atoms with Crippen LogP contribution in [0.4, 0.5) is 0 Å². The highest BCUT2D eigenvalue weighted by atomic mass is 32.2. The Bertz CT molecular complexity index is 596. The molecule has 0 atom stereocenters. The van der Waals surface area contributed by atoms with Crippen LogP contribution < -0.4 is 0 Å². The van der Waals surface area contributed by atoms with Crippen LogP contribution in [0.15, 0.2) is 23.1 Å². The molecule has 0 heterocycles. The Morgan fingerprint density at radius 1 is 0.769 bits per heavy atom. The maximum absolute atomic E-state index is 11.0. The Morgan fingerprint density at radius 2 is 1.23 bits per heavy atom. The average molecular weight is 385 g/mol. The molecular weight excluding hydrogens is 348 g/mol. The second-order valence-corrected chi connectivity index (χ2v) is 8.68. The summed E-state index contributed by atoms with van der Waals surface area (Å²) in [5.74, 6) is -0.0564. The van der Waals surface area contributed by atoms with E-state index in [4.69, 9.17) is 4.55 Å². The highest BCUT2D eigenvalue weighted by Crippen LogP contribution is 2.23. The summed E-state index contributed by atoms with van der Waals surface area (Å²) in [6.45, 7) is 2.25. The van der Waals surface area contributed by atoms with Crippen LogP contribution in [0.5, 0.6) is 5.75 Å². The van der Waals surface area contributed by atoms with Crippen molar-refractivity contribution < 1.29 is 18.1 Å². The molecule has 0 saturated carbocycles. The first-order valence-electron chi connectivity index (χ1n) is 10.2. The van der Waals surface area contributed by atoms with E-state index in [1.807, 2.05) is 0 Å². The van der Waals surface area contributed by atoms with Gasteiger partial charge < -0.3 is 5.11 Å². The molecule has 1 aromatic rings. The number of hydrogen-bond acceptors (Lipinski definition) is 3. The zero-order chi connectivity index (χ0) is 19.3. The van der Waals surface area contributed by atoms with E-state index in [0.717, 1.165) is 30.9 Å². The predicted molar refractivity (Wildman–Crippen MR) is 107 cm³/mol. The fraction of sp³-hybridized carbons (Fsp3) is 0.714. The molecule has 0 aliphatic carbocycles. The number of aromatic hydroxyl groups is 1. The molecule has 0 amide bonds. The lowest BCUT2D eigenvalue weighted by atomic mass is 10.0. The van der Waals surface area contributed by atoms with Gasteiger partial charge in [-0.05, 0) is 24.5 Å². The Balaban J connectivity index is 2.03. The van der Waals surface area contributed by atoms with Crippen molar-refractivity contribution in [2.24, 2.45) is 0 Å². The van der Waals surface area contributed by atoms with E-state index in [1.165, 1.54) is 76.7 Å². The number of phenols is 1. The summed E-state index contributed by atoms with van der Waals surface area (Å²) in [7, 11) is -4.25. The Hall–Kier alpha value is -1.07. The smallest absolute Gasteiger partial charge is 0.294 e. The van der Waals surface area contributed by atoms with Gasteiger partial charge in [-0.15, -0.1) is 0 Å². The van der Waals surface area contributed by atoms with Crippen molar-refractivity contribution in [1.29, 1.82) is 0 Å². The summed E-state index contributed by atoms with van der Waals surface area (Å²) in [5.41, 5.74) is 0.737. The first kappa shape index (κ1) is 23.0. The second kappa shape index (κ2) is 13.2. The summed E-state index contributed by atoms with van der Waals surface area (Å²) in [6.07, 6.45) is 17.6. The molecule has 0 aliphatic heterocycles. The van der Waals surface area contributed by atoms with Gasteiger partial charge in [-0.2, -0.15) is 8.42 Å². The van der Waals surface area contributed by atoms with Crippen LogP contribution in [0.1, 0.15) is 96.0 Å². The summed E-state index contributed by atoms with van der Waals surface area (Å²) in [5, 5.41) is 9.87. The van der Waals surface area contributed by atoms with E-state index in [9.17, 15) is 13.5 Å². The number of phenolic OH excluding ortho intramolecular Hbond substituents is 1. The maximum Gasteiger partial charge on any atom is 0.294 e. The van der Waals surface area contributed by atoms with Crippen LogP contribution in [-0.2, 0) is 16.5 Å². The molecule has 0 aromatic heterocycles. The van der Waals surface area contributed by atoms with E-state index < -0.39 is 10.1 Å². The highest BCUT2D eigenvalue weighted by molar-refractivity contribution is 7.85. The summed E-state index contributed by atoms with van der Waals surface area (Å²) in [4.78, 5) is -0.260. The first-order chi connectivity index (χ1) is 12.4. The van der Waals surface area contributed by atoms with E-state index in [0.29, 0.717) is 0 Å². The van der Waals surface area contributed by atoms with Crippen molar-refractivity contribution in [1.82, 2.24) is 0 Å². The standard InChI is InChI=1S/C21H36O4S/c1-2-3-4-5-6-7-8-9-10-11-12-13-14-15-19-16-17-20(18-21(19)22)26(23,24)25/h16-18,22H,2-15H2,1H3,(H,23,24,25). The topological polar surface area (TPSA) is 74.6 Å². The molecular formula is C21H36O4S. The number of hydrogen-bond donors (Lipinski definition) is 2. The number of aryl methyl sites for hydroxylation is 1. The van der Waals surface area contributed by atoms with Crippen molar-refractivity contribution in [3.63, 3.8) is 0 Å². The van der Waals surface area contributed by atoms with Gasteiger partial charge in [-0.3, -0.25) is 4.55 Å². The Morgan fingerprint density at radius 3 is 1.65 bits per heavy atom. The third kappa shape index (κ3) is 10.2. The van der Waals surface area contributed by atoms with Crippen molar-refractivity contribution in [3.05, 3.63) is 23.8 Å². The molecule has 5 heteroatoms. The van der Waals surface area contributed by atoms with Gasteiger partial charge in [0, 0.05) is 6.07 Å². The fourth-order valence-corrected chi connectivity index (χ4v) is 3.75. The minimum atomic E-state index is -4.25. The largest absolute Gasteiger partial charge is 0.508 e. The van der Waals surface area contributed by atoms with Crippen molar-refractivity contribution >= 4 is 10.1 Å². The highest BCUT2D eigenvalue weighted by Gasteiger charge is 2.12. The van der Waals surface area contributed by atoms with Crippen molar-refractivity contribution in [2.45, 2.75) is 102 Å². The average Bonchev–Trinajstić information content (AvgIpc) is 2.59. The van der Waals surface area contributed by atoms with Gasteiger partial charge >= 0.3 is 0 Å². The van der Waals surface area contributed by atoms with Gasteiger partial charge in [0.15, 0.2) is 0 Å². The molecule has 1 aromatic carbocycles. The summed E-state index contributed by atoms with van der Waals surface area (Å²) < 4.78 is 31.0. The van der Waals surface area contributed by atoms with Gasteiger partial charge in [0.05, 0.1) is 4.90 Å². The fourth-order valence-electron chi connectivity index (χ4n) is 3.25. The monoisotopic (exact) mass is 384 g/mol. The number of benzene rings is 1. The summed E-state index contributed by atoms with van der Waals surface area (Å²) >= 11 is 0. The Labute approximate surface area is 159 Å². The molecule has 150 valence electrons. The lowest BCUT2D eigenvalue weighted by Crippen LogP contribution is -1.98. The van der Waals surface area contributed by atoms with Crippen molar-refractivity contribution in [2.75, 3.05) is 0 Å². The van der Waals surface area contributed by atoms with Crippen LogP contribution in [0.2, 0.25) is 0 Å². The third-order valence-electron chi connectivity index (χ3n) is 4.90. The molecule has 0 spiro atoms. The van der Waals surface area contributed by atoms with Gasteiger partial charge in [-0.25, -0.2) is 0 Å². The predicted octanol–water partition coefficient (Wildman–Crippen LogP) is 6.27. The zero-order valence-corrected chi connectivity index (χ0v) is 17.1. The van der Waals surface area contributed by atoms with E-state index in [-0.39, 0.29) is 10.6 Å². The third-order valence-corrected chi connectivity index (χ3v) is 5.75. The molecule has 0 unspecified atom stereocenters. The minimum absolute atomic E-state index is 0.0564. The number of rotatable bonds is 15. The van der Waals surface area contributed by atoms with Crippen LogP contribution in [0.25, 0.3) is 0 Å². The molecule has 0 bridgehead atoms. The minimum Gasteiger partial charge on any atom is -0.508 e. The molecule has 0 aliphatic rings. The van der Waals surface area contributed by atoms with Crippen molar-refractivity contribution in [3.8, 4) is 5.75 Å². The van der Waals surface area contributed by atoms with Crippen LogP contribution in [-0.4, -0.2) is 18.1 Å². The molecule has 0 saturated heterocycles. The maximum atomic E-state index is 11.0. The molecule has 26 heavy (non-hydrogen) atoms. The van der Waals surface area contributed by atoms with Crippen LogP contribution >= 0.6 is 0 Å². The summed E-state index contributed by atoms with van der Waals surface area (Å²) in [6, 6.07) is 4.04. The molecule has 0 fully saturated rings. The van der Waals surface area contributed by atoms with Gasteiger partial charge in [0.2, 0.25) is 0 Å². The van der Waals surface area contributed by atoms with Crippen LogP contribution in [0.3, 0.4) is 0 Å². The molecule has 1 rings (SSSR count). The van der Waals surface area contributed by atoms with E-state index in [1.54, 1.807) is 6.07 Å². The second-order valence-electron chi connectivity index (χ2n) is 7.26. The normalized spacial score (nSPS) is 11.8. The molecule has 4 nitrogen and oxygen atoms in total. The lowest BCUT2D eigenvalue weighted by molar-refractivity contribution is 0.459.